The first kappa shape index (κ1) is 7.70. The van der Waals surface area contributed by atoms with Crippen LogP contribution < -0.4 is 11.3 Å². The highest BCUT2D eigenvalue weighted by molar-refractivity contribution is 5.03. The van der Waals surface area contributed by atoms with E-state index in [1.165, 1.54) is 19.3 Å². The molecule has 0 amide bonds. The summed E-state index contributed by atoms with van der Waals surface area (Å²) in [7, 11) is 0. The quantitative estimate of drug-likeness (QED) is 0.441. The second-order valence-corrected chi connectivity index (χ2v) is 3.23. The van der Waals surface area contributed by atoms with E-state index in [2.05, 4.69) is 20.8 Å². The number of aromatic nitrogens is 3. The summed E-state index contributed by atoms with van der Waals surface area (Å²) >= 11 is 0. The van der Waals surface area contributed by atoms with Crippen molar-refractivity contribution in [1.82, 2.24) is 20.8 Å². The predicted molar refractivity (Wildman–Crippen MR) is 43.8 cm³/mol. The minimum Gasteiger partial charge on any atom is -0.271 e. The van der Waals surface area contributed by atoms with Crippen LogP contribution in [0, 0.1) is 5.92 Å². The van der Waals surface area contributed by atoms with Gasteiger partial charge >= 0.3 is 0 Å². The summed E-state index contributed by atoms with van der Waals surface area (Å²) in [5.41, 5.74) is 3.70. The van der Waals surface area contributed by atoms with Gasteiger partial charge in [-0.3, -0.25) is 11.3 Å². The van der Waals surface area contributed by atoms with E-state index in [-0.39, 0.29) is 6.04 Å². The maximum Gasteiger partial charge on any atom is 0.101 e. The molecule has 1 aromatic heterocycles. The number of hydrazine groups is 1. The van der Waals surface area contributed by atoms with Crippen LogP contribution in [0.1, 0.15) is 31.0 Å². The molecule has 12 heavy (non-hydrogen) atoms. The Hall–Kier alpha value is -0.940. The van der Waals surface area contributed by atoms with Gasteiger partial charge in [0.25, 0.3) is 0 Å². The summed E-state index contributed by atoms with van der Waals surface area (Å²) < 4.78 is 0. The lowest BCUT2D eigenvalue weighted by Gasteiger charge is -2.31. The molecule has 1 atom stereocenters. The molecule has 0 aromatic carbocycles. The fourth-order valence-electron chi connectivity index (χ4n) is 1.60. The number of nitrogens with two attached hydrogens (primary N) is 1. The zero-order chi connectivity index (χ0) is 8.39. The van der Waals surface area contributed by atoms with Gasteiger partial charge in [-0.05, 0) is 18.8 Å². The van der Waals surface area contributed by atoms with E-state index < -0.39 is 0 Å². The van der Waals surface area contributed by atoms with Crippen LogP contribution in [0.5, 0.6) is 0 Å². The molecule has 4 N–H and O–H groups in total. The molecule has 0 radical (unpaired) electrons. The monoisotopic (exact) mass is 167 g/mol. The van der Waals surface area contributed by atoms with E-state index in [0.717, 1.165) is 5.69 Å². The summed E-state index contributed by atoms with van der Waals surface area (Å²) in [6, 6.07) is 0.178. The highest BCUT2D eigenvalue weighted by atomic mass is 15.3. The first-order valence-corrected chi connectivity index (χ1v) is 4.23. The predicted octanol–water partition coefficient (Wildman–Crippen LogP) is 0.109. The molecule has 1 saturated carbocycles. The van der Waals surface area contributed by atoms with Crippen LogP contribution in [0.4, 0.5) is 0 Å². The van der Waals surface area contributed by atoms with Gasteiger partial charge in [0.15, 0.2) is 0 Å². The van der Waals surface area contributed by atoms with Gasteiger partial charge in [0.05, 0.1) is 12.2 Å². The summed E-state index contributed by atoms with van der Waals surface area (Å²) in [4.78, 5) is 0. The van der Waals surface area contributed by atoms with Gasteiger partial charge in [0, 0.05) is 0 Å². The Morgan fingerprint density at radius 1 is 1.67 bits per heavy atom. The van der Waals surface area contributed by atoms with Gasteiger partial charge in [-0.2, -0.15) is 15.4 Å². The van der Waals surface area contributed by atoms with Crippen LogP contribution >= 0.6 is 0 Å². The Kier molecular flexibility index (Phi) is 2.05. The fraction of sp³-hybridized carbons (Fsp3) is 0.714. The van der Waals surface area contributed by atoms with Gasteiger partial charge in [-0.15, -0.1) is 0 Å². The van der Waals surface area contributed by atoms with E-state index >= 15 is 0 Å². The average Bonchev–Trinajstić information content (AvgIpc) is 2.47. The normalized spacial score (nSPS) is 20.4. The Balaban J connectivity index is 2.07. The summed E-state index contributed by atoms with van der Waals surface area (Å²) in [6.45, 7) is 0. The van der Waals surface area contributed by atoms with Crippen molar-refractivity contribution in [2.24, 2.45) is 11.8 Å². The molecule has 1 unspecified atom stereocenters. The number of hydrogen-bond acceptors (Lipinski definition) is 4. The number of nitrogens with zero attached hydrogens (tertiary/aromatic N) is 2. The molecule has 1 aromatic rings. The molecule has 1 aliphatic rings. The number of H-pyrrole nitrogens is 1. The van der Waals surface area contributed by atoms with Crippen molar-refractivity contribution >= 4 is 0 Å². The maximum atomic E-state index is 5.44. The first-order valence-electron chi connectivity index (χ1n) is 4.23. The lowest BCUT2D eigenvalue weighted by atomic mass is 9.79. The lowest BCUT2D eigenvalue weighted by Crippen LogP contribution is -2.36. The van der Waals surface area contributed by atoms with Crippen molar-refractivity contribution in [2.45, 2.75) is 25.3 Å². The summed E-state index contributed by atoms with van der Waals surface area (Å²) in [5.74, 6) is 6.08. The van der Waals surface area contributed by atoms with Gasteiger partial charge in [0.2, 0.25) is 0 Å². The molecule has 0 saturated heterocycles. The Bertz CT molecular complexity index is 228. The highest BCUT2D eigenvalue weighted by Crippen LogP contribution is 2.36. The standard InChI is InChI=1S/C7H13N5/c8-10-7(5-2-1-3-5)6-4-9-12-11-6/h4-5,7,10H,1-3,8H2,(H,9,11,12). The van der Waals surface area contributed by atoms with Crippen LogP contribution in [0.2, 0.25) is 0 Å². The number of hydrogen-bond donors (Lipinski definition) is 3. The molecular weight excluding hydrogens is 154 g/mol. The van der Waals surface area contributed by atoms with E-state index in [0.29, 0.717) is 5.92 Å². The molecule has 0 spiro atoms. The van der Waals surface area contributed by atoms with Crippen molar-refractivity contribution < 1.29 is 0 Å². The van der Waals surface area contributed by atoms with Crippen molar-refractivity contribution in [3.8, 4) is 0 Å². The SMILES string of the molecule is NNC(c1cn[nH]n1)C1CCC1. The van der Waals surface area contributed by atoms with Crippen molar-refractivity contribution in [3.63, 3.8) is 0 Å². The molecule has 0 bridgehead atoms. The zero-order valence-electron chi connectivity index (χ0n) is 6.83. The van der Waals surface area contributed by atoms with E-state index in [1.807, 2.05) is 0 Å². The van der Waals surface area contributed by atoms with Crippen LogP contribution in [0.3, 0.4) is 0 Å². The van der Waals surface area contributed by atoms with Crippen LogP contribution in [0.25, 0.3) is 0 Å². The third-order valence-electron chi connectivity index (χ3n) is 2.55. The Labute approximate surface area is 70.7 Å². The molecule has 1 heterocycles. The number of aromatic amines is 1. The fourth-order valence-corrected chi connectivity index (χ4v) is 1.60. The molecule has 0 aliphatic heterocycles. The van der Waals surface area contributed by atoms with Crippen molar-refractivity contribution in [1.29, 1.82) is 0 Å². The third kappa shape index (κ3) is 1.21. The van der Waals surface area contributed by atoms with E-state index in [9.17, 15) is 0 Å². The number of rotatable bonds is 3. The third-order valence-corrected chi connectivity index (χ3v) is 2.55. The van der Waals surface area contributed by atoms with Crippen LogP contribution in [-0.4, -0.2) is 15.4 Å². The topological polar surface area (TPSA) is 79.6 Å². The average molecular weight is 167 g/mol. The summed E-state index contributed by atoms with van der Waals surface area (Å²) in [6.07, 6.45) is 5.51. The highest BCUT2D eigenvalue weighted by Gasteiger charge is 2.28. The smallest absolute Gasteiger partial charge is 0.101 e. The van der Waals surface area contributed by atoms with Crippen molar-refractivity contribution in [3.05, 3.63) is 11.9 Å². The molecule has 66 valence electrons. The second-order valence-electron chi connectivity index (χ2n) is 3.23. The molecule has 1 fully saturated rings. The molecule has 2 rings (SSSR count). The summed E-state index contributed by atoms with van der Waals surface area (Å²) in [5, 5.41) is 10.4. The Morgan fingerprint density at radius 2 is 2.50 bits per heavy atom. The second kappa shape index (κ2) is 3.20. The maximum absolute atomic E-state index is 5.44. The van der Waals surface area contributed by atoms with Crippen LogP contribution in [-0.2, 0) is 0 Å². The van der Waals surface area contributed by atoms with Gasteiger partial charge < -0.3 is 0 Å². The Morgan fingerprint density at radius 3 is 2.92 bits per heavy atom. The number of nitrogens with one attached hydrogen (secondary N) is 2. The minimum atomic E-state index is 0.178. The molecule has 5 heteroatoms. The van der Waals surface area contributed by atoms with E-state index in [1.54, 1.807) is 6.20 Å². The van der Waals surface area contributed by atoms with E-state index in [4.69, 9.17) is 5.84 Å². The largest absolute Gasteiger partial charge is 0.271 e. The minimum absolute atomic E-state index is 0.178. The van der Waals surface area contributed by atoms with Gasteiger partial charge in [-0.1, -0.05) is 6.42 Å². The van der Waals surface area contributed by atoms with Crippen molar-refractivity contribution in [2.75, 3.05) is 0 Å². The van der Waals surface area contributed by atoms with Gasteiger partial charge in [0.1, 0.15) is 5.69 Å². The molecule has 5 nitrogen and oxygen atoms in total. The first-order chi connectivity index (χ1) is 5.92. The molecular formula is C7H13N5. The van der Waals surface area contributed by atoms with Crippen LogP contribution in [0.15, 0.2) is 6.20 Å². The molecule has 1 aliphatic carbocycles. The van der Waals surface area contributed by atoms with Gasteiger partial charge in [-0.25, -0.2) is 0 Å². The zero-order valence-corrected chi connectivity index (χ0v) is 6.83. The lowest BCUT2D eigenvalue weighted by molar-refractivity contribution is 0.228.